The van der Waals surface area contributed by atoms with Gasteiger partial charge in [0.15, 0.2) is 0 Å². The number of halogens is 2. The number of sulfonamides is 1. The fraction of sp³-hybridized carbons (Fsp3) is 0.0455. The van der Waals surface area contributed by atoms with E-state index in [9.17, 15) is 17.2 Å². The average molecular weight is 425 g/mol. The molecule has 0 saturated carbocycles. The van der Waals surface area contributed by atoms with Gasteiger partial charge in [-0.15, -0.1) is 0 Å². The predicted octanol–water partition coefficient (Wildman–Crippen LogP) is 4.79. The summed E-state index contributed by atoms with van der Waals surface area (Å²) in [4.78, 5) is -0.0626. The zero-order valence-corrected chi connectivity index (χ0v) is 16.4. The van der Waals surface area contributed by atoms with E-state index in [1.807, 2.05) is 6.07 Å². The lowest BCUT2D eigenvalue weighted by atomic mass is 9.98. The zero-order chi connectivity index (χ0) is 21.3. The van der Waals surface area contributed by atoms with Crippen molar-refractivity contribution >= 4 is 10.0 Å². The van der Waals surface area contributed by atoms with Gasteiger partial charge in [-0.05, 0) is 29.8 Å². The number of alkyl halides is 2. The monoisotopic (exact) mass is 425 g/mol. The largest absolute Gasteiger partial charge is 0.282 e. The molecule has 0 unspecified atom stereocenters. The Morgan fingerprint density at radius 3 is 1.90 bits per heavy atom. The summed E-state index contributed by atoms with van der Waals surface area (Å²) in [5.74, 6) is 0. The number of rotatable bonds is 5. The molecule has 0 amide bonds. The molecule has 4 rings (SSSR count). The van der Waals surface area contributed by atoms with Gasteiger partial charge < -0.3 is 0 Å². The van der Waals surface area contributed by atoms with Crippen LogP contribution in [-0.2, 0) is 10.0 Å². The normalized spacial score (nSPS) is 11.7. The Bertz CT molecular complexity index is 1270. The van der Waals surface area contributed by atoms with Gasteiger partial charge in [0.25, 0.3) is 6.43 Å². The minimum Gasteiger partial charge on any atom is -0.232 e. The first-order valence-electron chi connectivity index (χ1n) is 9.01. The molecule has 1 heterocycles. The van der Waals surface area contributed by atoms with Crippen molar-refractivity contribution in [3.8, 4) is 28.1 Å². The van der Waals surface area contributed by atoms with E-state index in [0.717, 1.165) is 0 Å². The summed E-state index contributed by atoms with van der Waals surface area (Å²) in [6.45, 7) is 0. The van der Waals surface area contributed by atoms with E-state index in [0.29, 0.717) is 22.5 Å². The molecule has 3 aromatic carbocycles. The number of benzene rings is 3. The molecular formula is C22H17F2N3O2S. The lowest BCUT2D eigenvalue weighted by Crippen LogP contribution is -2.11. The molecule has 0 bridgehead atoms. The van der Waals surface area contributed by atoms with Crippen molar-refractivity contribution in [2.75, 3.05) is 0 Å². The molecule has 4 aromatic rings. The van der Waals surface area contributed by atoms with E-state index in [1.165, 1.54) is 28.9 Å². The van der Waals surface area contributed by atoms with Gasteiger partial charge in [-0.25, -0.2) is 27.0 Å². The Morgan fingerprint density at radius 1 is 0.800 bits per heavy atom. The fourth-order valence-corrected chi connectivity index (χ4v) is 3.82. The molecule has 0 saturated heterocycles. The first kappa shape index (κ1) is 19.9. The van der Waals surface area contributed by atoms with Gasteiger partial charge in [0, 0.05) is 11.1 Å². The van der Waals surface area contributed by atoms with E-state index in [1.54, 1.807) is 54.6 Å². The number of nitrogens with zero attached hydrogens (tertiary/aromatic N) is 2. The molecule has 0 aliphatic carbocycles. The van der Waals surface area contributed by atoms with Crippen molar-refractivity contribution in [2.24, 2.45) is 5.14 Å². The fourth-order valence-electron chi connectivity index (χ4n) is 3.30. The molecule has 5 nitrogen and oxygen atoms in total. The van der Waals surface area contributed by atoms with Crippen molar-refractivity contribution in [2.45, 2.75) is 11.3 Å². The Balaban J connectivity index is 2.04. The minimum absolute atomic E-state index is 0.0626. The van der Waals surface area contributed by atoms with E-state index in [-0.39, 0.29) is 16.2 Å². The topological polar surface area (TPSA) is 78.0 Å². The third-order valence-corrected chi connectivity index (χ3v) is 5.57. The van der Waals surface area contributed by atoms with Crippen LogP contribution in [0.5, 0.6) is 0 Å². The van der Waals surface area contributed by atoms with Crippen LogP contribution in [-0.4, -0.2) is 18.2 Å². The van der Waals surface area contributed by atoms with Crippen LogP contribution in [0, 0.1) is 0 Å². The van der Waals surface area contributed by atoms with Gasteiger partial charge in [-0.1, -0.05) is 60.7 Å². The second kappa shape index (κ2) is 7.81. The molecule has 30 heavy (non-hydrogen) atoms. The SMILES string of the molecule is NS(=O)(=O)c1ccc(-c2c(-c3ccccc3)c(C(F)F)nn2-c2ccccc2)cc1. The maximum Gasteiger partial charge on any atom is 0.282 e. The van der Waals surface area contributed by atoms with Crippen LogP contribution >= 0.6 is 0 Å². The van der Waals surface area contributed by atoms with Crippen molar-refractivity contribution < 1.29 is 17.2 Å². The van der Waals surface area contributed by atoms with Gasteiger partial charge in [-0.3, -0.25) is 0 Å². The molecule has 0 radical (unpaired) electrons. The smallest absolute Gasteiger partial charge is 0.232 e. The van der Waals surface area contributed by atoms with Gasteiger partial charge >= 0.3 is 0 Å². The Hall–Kier alpha value is -3.36. The summed E-state index contributed by atoms with van der Waals surface area (Å²) < 4.78 is 52.7. The number of hydrogen-bond acceptors (Lipinski definition) is 3. The van der Waals surface area contributed by atoms with Crippen LogP contribution in [0.1, 0.15) is 12.1 Å². The first-order chi connectivity index (χ1) is 14.4. The summed E-state index contributed by atoms with van der Waals surface area (Å²) in [6.07, 6.45) is -2.80. The van der Waals surface area contributed by atoms with Crippen LogP contribution in [0.15, 0.2) is 89.8 Å². The number of para-hydroxylation sites is 1. The maximum atomic E-state index is 14.0. The maximum absolute atomic E-state index is 14.0. The van der Waals surface area contributed by atoms with Crippen LogP contribution in [0.2, 0.25) is 0 Å². The molecule has 0 fully saturated rings. The zero-order valence-electron chi connectivity index (χ0n) is 15.6. The molecule has 8 heteroatoms. The summed E-state index contributed by atoms with van der Waals surface area (Å²) in [5.41, 5.74) is 2.09. The highest BCUT2D eigenvalue weighted by molar-refractivity contribution is 7.89. The number of aromatic nitrogens is 2. The van der Waals surface area contributed by atoms with Crippen LogP contribution in [0.3, 0.4) is 0 Å². The Labute approximate surface area is 172 Å². The third kappa shape index (κ3) is 3.74. The van der Waals surface area contributed by atoms with Crippen molar-refractivity contribution in [1.82, 2.24) is 9.78 Å². The molecule has 152 valence electrons. The summed E-state index contributed by atoms with van der Waals surface area (Å²) in [5, 5.41) is 9.41. The van der Waals surface area contributed by atoms with Crippen molar-refractivity contribution in [1.29, 1.82) is 0 Å². The molecule has 0 atom stereocenters. The molecule has 0 spiro atoms. The van der Waals surface area contributed by atoms with E-state index in [2.05, 4.69) is 5.10 Å². The second-order valence-electron chi connectivity index (χ2n) is 6.59. The standard InChI is InChI=1S/C22H17F2N3O2S/c23-22(24)20-19(15-7-3-1-4-8-15)21(27(26-20)17-9-5-2-6-10-17)16-11-13-18(14-12-16)30(25,28)29/h1-14,22H,(H2,25,28,29). The molecule has 0 aliphatic heterocycles. The van der Waals surface area contributed by atoms with Crippen molar-refractivity contribution in [3.63, 3.8) is 0 Å². The highest BCUT2D eigenvalue weighted by Crippen LogP contribution is 2.40. The highest BCUT2D eigenvalue weighted by atomic mass is 32.2. The second-order valence-corrected chi connectivity index (χ2v) is 8.15. The van der Waals surface area contributed by atoms with Crippen molar-refractivity contribution in [3.05, 3.63) is 90.6 Å². The summed E-state index contributed by atoms with van der Waals surface area (Å²) in [6, 6.07) is 23.5. The Kier molecular flexibility index (Phi) is 5.19. The summed E-state index contributed by atoms with van der Waals surface area (Å²) in [7, 11) is -3.88. The Morgan fingerprint density at radius 2 is 1.37 bits per heavy atom. The van der Waals surface area contributed by atoms with E-state index >= 15 is 0 Å². The quantitative estimate of drug-likeness (QED) is 0.499. The van der Waals surface area contributed by atoms with Gasteiger partial charge in [0.1, 0.15) is 5.69 Å². The van der Waals surface area contributed by atoms with Gasteiger partial charge in [0.2, 0.25) is 10.0 Å². The highest BCUT2D eigenvalue weighted by Gasteiger charge is 2.27. The molecule has 1 aromatic heterocycles. The number of hydrogen-bond donors (Lipinski definition) is 1. The van der Waals surface area contributed by atoms with Gasteiger partial charge in [0.05, 0.1) is 16.3 Å². The lowest BCUT2D eigenvalue weighted by Gasteiger charge is -2.11. The lowest BCUT2D eigenvalue weighted by molar-refractivity contribution is 0.146. The minimum atomic E-state index is -3.88. The molecular weight excluding hydrogens is 408 g/mol. The third-order valence-electron chi connectivity index (χ3n) is 4.64. The average Bonchev–Trinajstić information content (AvgIpc) is 3.15. The van der Waals surface area contributed by atoms with Gasteiger partial charge in [-0.2, -0.15) is 5.10 Å². The van der Waals surface area contributed by atoms with Crippen LogP contribution in [0.25, 0.3) is 28.1 Å². The number of primary sulfonamides is 1. The predicted molar refractivity (Wildman–Crippen MR) is 111 cm³/mol. The number of nitrogens with two attached hydrogens (primary N) is 1. The van der Waals surface area contributed by atoms with Crippen LogP contribution in [0.4, 0.5) is 8.78 Å². The van der Waals surface area contributed by atoms with E-state index < -0.39 is 16.4 Å². The summed E-state index contributed by atoms with van der Waals surface area (Å²) >= 11 is 0. The van der Waals surface area contributed by atoms with Crippen LogP contribution < -0.4 is 5.14 Å². The molecule has 2 N–H and O–H groups in total. The molecule has 0 aliphatic rings. The van der Waals surface area contributed by atoms with E-state index in [4.69, 9.17) is 5.14 Å². The first-order valence-corrected chi connectivity index (χ1v) is 10.6.